The van der Waals surface area contributed by atoms with Crippen molar-refractivity contribution in [3.05, 3.63) is 29.8 Å². The largest absolute Gasteiger partial charge is 0.481 e. The van der Waals surface area contributed by atoms with Gasteiger partial charge in [0.2, 0.25) is 0 Å². The third-order valence-electron chi connectivity index (χ3n) is 2.76. The summed E-state index contributed by atoms with van der Waals surface area (Å²) in [5.41, 5.74) is 0. The van der Waals surface area contributed by atoms with Gasteiger partial charge in [0.15, 0.2) is 18.2 Å². The van der Waals surface area contributed by atoms with E-state index in [1.807, 2.05) is 6.92 Å². The van der Waals surface area contributed by atoms with E-state index in [4.69, 9.17) is 9.84 Å². The number of aliphatic hydroxyl groups is 1. The summed E-state index contributed by atoms with van der Waals surface area (Å²) >= 11 is 0. The highest BCUT2D eigenvalue weighted by molar-refractivity contribution is 5.77. The number of aliphatic hydroxyl groups excluding tert-OH is 1. The van der Waals surface area contributed by atoms with Gasteiger partial charge in [-0.05, 0) is 30.9 Å². The number of hydrogen-bond acceptors (Lipinski definition) is 3. The summed E-state index contributed by atoms with van der Waals surface area (Å²) in [5, 5.41) is 11.5. The lowest BCUT2D eigenvalue weighted by Crippen LogP contribution is -2.30. The second-order valence-electron chi connectivity index (χ2n) is 4.64. The number of benzene rings is 1. The first-order valence-corrected chi connectivity index (χ1v) is 6.48. The molecule has 4 nitrogen and oxygen atoms in total. The molecule has 1 aromatic carbocycles. The number of nitrogens with one attached hydrogen (secondary N) is 1. The van der Waals surface area contributed by atoms with E-state index in [-0.39, 0.29) is 30.8 Å². The zero-order valence-corrected chi connectivity index (χ0v) is 11.4. The minimum atomic E-state index is -0.838. The lowest BCUT2D eigenvalue weighted by Gasteiger charge is -2.09. The summed E-state index contributed by atoms with van der Waals surface area (Å²) in [6.07, 6.45) is 1.56. The first kappa shape index (κ1) is 16.4. The first-order valence-electron chi connectivity index (χ1n) is 6.48. The topological polar surface area (TPSA) is 58.6 Å². The van der Waals surface area contributed by atoms with Crippen molar-refractivity contribution in [1.82, 2.24) is 5.32 Å². The quantitative estimate of drug-likeness (QED) is 0.718. The molecule has 0 spiro atoms. The fraction of sp³-hybridized carbons (Fsp3) is 0.500. The summed E-state index contributed by atoms with van der Waals surface area (Å²) in [5.74, 6) is -1.86. The summed E-state index contributed by atoms with van der Waals surface area (Å²) < 4.78 is 30.8. The third kappa shape index (κ3) is 5.97. The van der Waals surface area contributed by atoms with Crippen LogP contribution in [0.15, 0.2) is 18.2 Å². The average Bonchev–Trinajstić information content (AvgIpc) is 2.42. The van der Waals surface area contributed by atoms with Crippen LogP contribution in [0, 0.1) is 17.6 Å². The summed E-state index contributed by atoms with van der Waals surface area (Å²) in [4.78, 5) is 11.4. The van der Waals surface area contributed by atoms with Gasteiger partial charge in [0, 0.05) is 19.2 Å². The van der Waals surface area contributed by atoms with Gasteiger partial charge in [0.25, 0.3) is 5.91 Å². The highest BCUT2D eigenvalue weighted by Gasteiger charge is 2.08. The molecule has 0 aliphatic rings. The van der Waals surface area contributed by atoms with Gasteiger partial charge >= 0.3 is 0 Å². The monoisotopic (exact) mass is 287 g/mol. The Morgan fingerprint density at radius 3 is 2.85 bits per heavy atom. The van der Waals surface area contributed by atoms with E-state index in [9.17, 15) is 13.6 Å². The van der Waals surface area contributed by atoms with Gasteiger partial charge in [0.05, 0.1) is 0 Å². The number of halogens is 2. The van der Waals surface area contributed by atoms with E-state index < -0.39 is 11.6 Å². The number of ether oxygens (including phenoxy) is 1. The molecule has 0 aromatic heterocycles. The first-order chi connectivity index (χ1) is 9.52. The second kappa shape index (κ2) is 8.47. The molecular weight excluding hydrogens is 268 g/mol. The summed E-state index contributed by atoms with van der Waals surface area (Å²) in [6.45, 7) is 2.19. The number of rotatable bonds is 8. The smallest absolute Gasteiger partial charge is 0.257 e. The van der Waals surface area contributed by atoms with E-state index in [1.54, 1.807) is 0 Å². The third-order valence-corrected chi connectivity index (χ3v) is 2.76. The minimum Gasteiger partial charge on any atom is -0.481 e. The molecule has 2 N–H and O–H groups in total. The second-order valence-corrected chi connectivity index (χ2v) is 4.64. The van der Waals surface area contributed by atoms with Crippen LogP contribution in [-0.2, 0) is 4.79 Å². The van der Waals surface area contributed by atoms with E-state index in [1.165, 1.54) is 0 Å². The number of carbonyl (C=O) groups excluding carboxylic acids is 1. The van der Waals surface area contributed by atoms with E-state index in [2.05, 4.69) is 5.32 Å². The van der Waals surface area contributed by atoms with E-state index in [0.717, 1.165) is 25.0 Å². The van der Waals surface area contributed by atoms with Crippen molar-refractivity contribution in [1.29, 1.82) is 0 Å². The molecule has 0 saturated carbocycles. The molecule has 0 saturated heterocycles. The summed E-state index contributed by atoms with van der Waals surface area (Å²) in [7, 11) is 0. The van der Waals surface area contributed by atoms with Crippen molar-refractivity contribution in [2.24, 2.45) is 5.92 Å². The molecule has 6 heteroatoms. The summed E-state index contributed by atoms with van der Waals surface area (Å²) in [6, 6.07) is 2.90. The van der Waals surface area contributed by atoms with Crippen LogP contribution in [0.1, 0.15) is 19.8 Å². The maximum Gasteiger partial charge on any atom is 0.257 e. The van der Waals surface area contributed by atoms with Crippen LogP contribution in [0.2, 0.25) is 0 Å². The van der Waals surface area contributed by atoms with Crippen molar-refractivity contribution < 1.29 is 23.4 Å². The molecule has 0 fully saturated rings. The van der Waals surface area contributed by atoms with Crippen molar-refractivity contribution >= 4 is 5.91 Å². The predicted molar refractivity (Wildman–Crippen MR) is 70.3 cm³/mol. The van der Waals surface area contributed by atoms with Crippen LogP contribution in [-0.4, -0.2) is 30.8 Å². The Morgan fingerprint density at radius 1 is 1.45 bits per heavy atom. The molecule has 1 rings (SSSR count). The molecule has 112 valence electrons. The normalized spacial score (nSPS) is 12.0. The average molecular weight is 287 g/mol. The highest BCUT2D eigenvalue weighted by Crippen LogP contribution is 2.17. The maximum absolute atomic E-state index is 13.2. The van der Waals surface area contributed by atoms with Crippen LogP contribution < -0.4 is 10.1 Å². The lowest BCUT2D eigenvalue weighted by molar-refractivity contribution is -0.123. The van der Waals surface area contributed by atoms with Crippen molar-refractivity contribution in [2.75, 3.05) is 19.8 Å². The van der Waals surface area contributed by atoms with Crippen molar-refractivity contribution in [3.63, 3.8) is 0 Å². The molecule has 1 aromatic rings. The standard InChI is InChI=1S/C14H19F2NO3/c1-10(8-18)3-2-6-17-14(19)9-20-13-5-4-11(15)7-12(13)16/h4-5,7,10,18H,2-3,6,8-9H2,1H3,(H,17,19). The Morgan fingerprint density at radius 2 is 2.20 bits per heavy atom. The van der Waals surface area contributed by atoms with Gasteiger partial charge in [-0.3, -0.25) is 4.79 Å². The Hall–Kier alpha value is -1.69. The fourth-order valence-corrected chi connectivity index (χ4v) is 1.56. The van der Waals surface area contributed by atoms with Crippen LogP contribution in [0.4, 0.5) is 8.78 Å². The van der Waals surface area contributed by atoms with Crippen LogP contribution >= 0.6 is 0 Å². The predicted octanol–water partition coefficient (Wildman–Crippen LogP) is 1.87. The van der Waals surface area contributed by atoms with Gasteiger partial charge in [-0.15, -0.1) is 0 Å². The SMILES string of the molecule is CC(CO)CCCNC(=O)COc1ccc(F)cc1F. The number of hydrogen-bond donors (Lipinski definition) is 2. The molecular formula is C14H19F2NO3. The zero-order chi connectivity index (χ0) is 15.0. The van der Waals surface area contributed by atoms with Crippen molar-refractivity contribution in [2.45, 2.75) is 19.8 Å². The van der Waals surface area contributed by atoms with Crippen LogP contribution in [0.25, 0.3) is 0 Å². The molecule has 0 bridgehead atoms. The van der Waals surface area contributed by atoms with Gasteiger partial charge < -0.3 is 15.2 Å². The van der Waals surface area contributed by atoms with Crippen LogP contribution in [0.3, 0.4) is 0 Å². The van der Waals surface area contributed by atoms with E-state index in [0.29, 0.717) is 12.6 Å². The molecule has 0 aliphatic heterocycles. The van der Waals surface area contributed by atoms with Crippen LogP contribution in [0.5, 0.6) is 5.75 Å². The van der Waals surface area contributed by atoms with Gasteiger partial charge in [-0.25, -0.2) is 8.78 Å². The Bertz CT molecular complexity index is 440. The molecule has 0 radical (unpaired) electrons. The molecule has 20 heavy (non-hydrogen) atoms. The number of carbonyl (C=O) groups is 1. The molecule has 1 amide bonds. The minimum absolute atomic E-state index is 0.126. The molecule has 0 heterocycles. The fourth-order valence-electron chi connectivity index (χ4n) is 1.56. The van der Waals surface area contributed by atoms with Crippen molar-refractivity contribution in [3.8, 4) is 5.75 Å². The van der Waals surface area contributed by atoms with Gasteiger partial charge in [0.1, 0.15) is 5.82 Å². The molecule has 0 aliphatic carbocycles. The number of amides is 1. The molecule has 1 unspecified atom stereocenters. The Kier molecular flexibility index (Phi) is 6.93. The van der Waals surface area contributed by atoms with E-state index >= 15 is 0 Å². The lowest BCUT2D eigenvalue weighted by atomic mass is 10.1. The Labute approximate surface area is 116 Å². The zero-order valence-electron chi connectivity index (χ0n) is 11.4. The highest BCUT2D eigenvalue weighted by atomic mass is 19.1. The molecule has 1 atom stereocenters. The maximum atomic E-state index is 13.2. The van der Waals surface area contributed by atoms with Gasteiger partial charge in [-0.1, -0.05) is 6.92 Å². The van der Waals surface area contributed by atoms with Gasteiger partial charge in [-0.2, -0.15) is 0 Å². The Balaban J connectivity index is 2.23.